The van der Waals surface area contributed by atoms with Gasteiger partial charge < -0.3 is 24.8 Å². The minimum Gasteiger partial charge on any atom is -0.453 e. The lowest BCUT2D eigenvalue weighted by Gasteiger charge is -2.54. The predicted molar refractivity (Wildman–Crippen MR) is 162 cm³/mol. The predicted octanol–water partition coefficient (Wildman–Crippen LogP) is 5.01. The van der Waals surface area contributed by atoms with E-state index in [0.29, 0.717) is 17.4 Å². The Morgan fingerprint density at radius 1 is 1.02 bits per heavy atom. The van der Waals surface area contributed by atoms with E-state index in [9.17, 15) is 14.4 Å². The van der Waals surface area contributed by atoms with E-state index in [0.717, 1.165) is 95.7 Å². The van der Waals surface area contributed by atoms with Crippen molar-refractivity contribution >= 4 is 11.8 Å². The van der Waals surface area contributed by atoms with Gasteiger partial charge in [-0.1, -0.05) is 24.6 Å². The summed E-state index contributed by atoms with van der Waals surface area (Å²) in [5.41, 5.74) is 2.73. The summed E-state index contributed by atoms with van der Waals surface area (Å²) in [5.74, 6) is 1.10. The van der Waals surface area contributed by atoms with Crippen LogP contribution in [0.4, 0.5) is 14.9 Å². The number of methoxy groups -OCH3 is 1. The fourth-order valence-corrected chi connectivity index (χ4v) is 8.40. The topological polar surface area (TPSA) is 71.8 Å². The Balaban J connectivity index is 1.18. The summed E-state index contributed by atoms with van der Waals surface area (Å²) in [6, 6.07) is 17.5. The molecule has 4 aliphatic rings. The fraction of sp³-hybridized carbons (Fsp3) is 0.588. The summed E-state index contributed by atoms with van der Waals surface area (Å²) in [4.78, 5) is 19.9. The van der Waals surface area contributed by atoms with Gasteiger partial charge in [0.25, 0.3) is 0 Å². The second-order valence-electron chi connectivity index (χ2n) is 13.0. The first-order valence-corrected chi connectivity index (χ1v) is 15.8. The molecular formula is C34H44FN5O2. The minimum absolute atomic E-state index is 0.0283. The van der Waals surface area contributed by atoms with E-state index in [-0.39, 0.29) is 29.3 Å². The van der Waals surface area contributed by atoms with E-state index in [1.165, 1.54) is 13.5 Å². The maximum atomic E-state index is 14.9. The number of alkyl carbamates (subject to hydrolysis) is 1. The summed E-state index contributed by atoms with van der Waals surface area (Å²) in [6.45, 7) is 8.34. The van der Waals surface area contributed by atoms with Gasteiger partial charge in [-0.25, -0.2) is 9.18 Å². The Morgan fingerprint density at radius 3 is 2.50 bits per heavy atom. The van der Waals surface area contributed by atoms with Gasteiger partial charge in [-0.2, -0.15) is 5.26 Å². The third kappa shape index (κ3) is 5.87. The summed E-state index contributed by atoms with van der Waals surface area (Å²) in [7, 11) is 1.43. The summed E-state index contributed by atoms with van der Waals surface area (Å²) < 4.78 is 19.9. The smallest absolute Gasteiger partial charge is 0.407 e. The number of nitrogens with zero attached hydrogens (tertiary/aromatic N) is 4. The standard InChI is InChI=1S/C34H44FN5O2/c1-42-33(41)37-32-11-4-10-31(32)34(24-39-14-5-15-39,28-7-3-8-29(35)19-28)27-12-16-38(17-13-27)21-26-22-40(23-26)30-9-2-6-25(18-30)20-36/h2-3,6-9,18-19,26-27,31-32H,4-5,10-17,21-24H2,1H3,(H,37,41)/t31-,32-,34?/m0/s1. The number of rotatable bonds is 9. The van der Waals surface area contributed by atoms with Crippen LogP contribution in [-0.2, 0) is 10.2 Å². The highest BCUT2D eigenvalue weighted by molar-refractivity contribution is 5.67. The molecule has 1 N–H and O–H groups in total. The maximum Gasteiger partial charge on any atom is 0.407 e. The molecule has 224 valence electrons. The molecule has 0 radical (unpaired) electrons. The van der Waals surface area contributed by atoms with E-state index in [4.69, 9.17) is 4.74 Å². The zero-order valence-electron chi connectivity index (χ0n) is 24.8. The number of likely N-dealkylation sites (tertiary alicyclic amines) is 2. The maximum absolute atomic E-state index is 14.9. The number of anilines is 1. The molecule has 0 aromatic heterocycles. The summed E-state index contributed by atoms with van der Waals surface area (Å²) in [5, 5.41) is 12.4. The Labute approximate surface area is 249 Å². The molecule has 8 heteroatoms. The highest BCUT2D eigenvalue weighted by atomic mass is 19.1. The van der Waals surface area contributed by atoms with E-state index in [1.807, 2.05) is 24.3 Å². The molecular weight excluding hydrogens is 529 g/mol. The zero-order valence-corrected chi connectivity index (χ0v) is 24.8. The first kappa shape index (κ1) is 28.9. The first-order valence-electron chi connectivity index (χ1n) is 15.8. The van der Waals surface area contributed by atoms with Crippen molar-refractivity contribution in [3.8, 4) is 6.07 Å². The van der Waals surface area contributed by atoms with E-state index in [1.54, 1.807) is 12.1 Å². The molecule has 2 aromatic carbocycles. The van der Waals surface area contributed by atoms with Crippen LogP contribution < -0.4 is 10.2 Å². The lowest BCUT2D eigenvalue weighted by atomic mass is 9.57. The van der Waals surface area contributed by atoms with Crippen LogP contribution in [0.2, 0.25) is 0 Å². The largest absolute Gasteiger partial charge is 0.453 e. The number of nitriles is 1. The van der Waals surface area contributed by atoms with Crippen LogP contribution in [0.15, 0.2) is 48.5 Å². The van der Waals surface area contributed by atoms with Gasteiger partial charge in [0.1, 0.15) is 5.82 Å². The molecule has 3 aliphatic heterocycles. The van der Waals surface area contributed by atoms with Gasteiger partial charge >= 0.3 is 6.09 Å². The van der Waals surface area contributed by atoms with Gasteiger partial charge in [0, 0.05) is 49.2 Å². The van der Waals surface area contributed by atoms with Crippen LogP contribution in [0.25, 0.3) is 0 Å². The van der Waals surface area contributed by atoms with Crippen LogP contribution in [0.5, 0.6) is 0 Å². The van der Waals surface area contributed by atoms with Crippen molar-refractivity contribution in [2.24, 2.45) is 17.8 Å². The third-order valence-electron chi connectivity index (χ3n) is 10.6. The zero-order chi connectivity index (χ0) is 29.1. The minimum atomic E-state index is -0.368. The molecule has 0 spiro atoms. The number of ether oxygens (including phenoxy) is 1. The van der Waals surface area contributed by atoms with Crippen molar-refractivity contribution in [3.05, 3.63) is 65.5 Å². The summed E-state index contributed by atoms with van der Waals surface area (Å²) in [6.07, 6.45) is 6.03. The quantitative estimate of drug-likeness (QED) is 0.455. The Bertz CT molecular complexity index is 1280. The molecule has 3 heterocycles. The number of hydrogen-bond donors (Lipinski definition) is 1. The molecule has 1 unspecified atom stereocenters. The second-order valence-corrected chi connectivity index (χ2v) is 13.0. The molecule has 1 aliphatic carbocycles. The van der Waals surface area contributed by atoms with Gasteiger partial charge in [0.2, 0.25) is 0 Å². The van der Waals surface area contributed by atoms with Crippen LogP contribution in [0.3, 0.4) is 0 Å². The normalized spacial score (nSPS) is 25.2. The molecule has 1 amide bonds. The van der Waals surface area contributed by atoms with Crippen molar-refractivity contribution < 1.29 is 13.9 Å². The lowest BCUT2D eigenvalue weighted by Crippen LogP contribution is -2.60. The monoisotopic (exact) mass is 573 g/mol. The summed E-state index contributed by atoms with van der Waals surface area (Å²) >= 11 is 0. The van der Waals surface area contributed by atoms with Gasteiger partial charge in [-0.3, -0.25) is 0 Å². The number of amides is 1. The Hall–Kier alpha value is -3.15. The third-order valence-corrected chi connectivity index (χ3v) is 10.6. The molecule has 7 nitrogen and oxygen atoms in total. The first-order chi connectivity index (χ1) is 20.5. The molecule has 2 aromatic rings. The van der Waals surface area contributed by atoms with Crippen molar-refractivity contribution in [2.75, 3.05) is 64.4 Å². The molecule has 4 fully saturated rings. The molecule has 1 saturated carbocycles. The van der Waals surface area contributed by atoms with Crippen molar-refractivity contribution in [3.63, 3.8) is 0 Å². The second kappa shape index (κ2) is 12.6. The SMILES string of the molecule is COC(=O)N[C@H]1CCC[C@@H]1C(CN1CCC1)(c1cccc(F)c1)C1CCN(CC2CN(c3cccc(C#N)c3)C2)CC1. The lowest BCUT2D eigenvalue weighted by molar-refractivity contribution is 0.0223. The average Bonchev–Trinajstić information content (AvgIpc) is 3.43. The highest BCUT2D eigenvalue weighted by Gasteiger charge is 2.53. The number of nitrogens with one attached hydrogen (secondary N) is 1. The van der Waals surface area contributed by atoms with Gasteiger partial charge in [0.15, 0.2) is 0 Å². The van der Waals surface area contributed by atoms with Crippen molar-refractivity contribution in [1.82, 2.24) is 15.1 Å². The van der Waals surface area contributed by atoms with Gasteiger partial charge in [-0.05, 0) is 106 Å². The Kier molecular flexibility index (Phi) is 8.69. The number of carbonyl (C=O) groups excluding carboxylic acids is 1. The number of carbonyl (C=O) groups is 1. The van der Waals surface area contributed by atoms with Gasteiger partial charge in [-0.15, -0.1) is 0 Å². The number of hydrogen-bond acceptors (Lipinski definition) is 6. The van der Waals surface area contributed by atoms with Crippen LogP contribution >= 0.6 is 0 Å². The number of halogens is 1. The molecule has 0 bridgehead atoms. The van der Waals surface area contributed by atoms with Crippen LogP contribution in [-0.4, -0.2) is 81.4 Å². The number of benzene rings is 2. The van der Waals surface area contributed by atoms with Gasteiger partial charge in [0.05, 0.1) is 18.7 Å². The van der Waals surface area contributed by atoms with E-state index < -0.39 is 0 Å². The highest BCUT2D eigenvalue weighted by Crippen LogP contribution is 2.51. The van der Waals surface area contributed by atoms with Crippen molar-refractivity contribution in [1.29, 1.82) is 5.26 Å². The average molecular weight is 574 g/mol. The molecule has 3 atom stereocenters. The van der Waals surface area contributed by atoms with E-state index >= 15 is 0 Å². The van der Waals surface area contributed by atoms with Crippen molar-refractivity contribution in [2.45, 2.75) is 50.0 Å². The number of piperidine rings is 1. The molecule has 3 saturated heterocycles. The molecule has 6 rings (SSSR count). The molecule has 42 heavy (non-hydrogen) atoms. The van der Waals surface area contributed by atoms with Crippen LogP contribution in [0, 0.1) is 34.9 Å². The fourth-order valence-electron chi connectivity index (χ4n) is 8.40. The Morgan fingerprint density at radius 2 is 1.81 bits per heavy atom. The van der Waals surface area contributed by atoms with Crippen LogP contribution in [0.1, 0.15) is 49.7 Å². The van der Waals surface area contributed by atoms with E-state index in [2.05, 4.69) is 38.2 Å².